The number of carbonyl (C=O) groups excluding carboxylic acids is 1. The summed E-state index contributed by atoms with van der Waals surface area (Å²) in [5, 5.41) is 0.573. The molecule has 1 amide bonds. The number of nitrogens with zero attached hydrogens (tertiary/aromatic N) is 1. The molecule has 24 heavy (non-hydrogen) atoms. The van der Waals surface area contributed by atoms with Gasteiger partial charge in [-0.3, -0.25) is 4.79 Å². The van der Waals surface area contributed by atoms with Gasteiger partial charge in [-0.15, -0.1) is 0 Å². The lowest BCUT2D eigenvalue weighted by Gasteiger charge is -2.17. The quantitative estimate of drug-likeness (QED) is 0.750. The zero-order valence-corrected chi connectivity index (χ0v) is 14.0. The third-order valence-electron chi connectivity index (χ3n) is 3.57. The van der Waals surface area contributed by atoms with E-state index in [-0.39, 0.29) is 24.3 Å². The molecule has 0 saturated heterocycles. The highest BCUT2D eigenvalue weighted by molar-refractivity contribution is 6.30. The Bertz CT molecular complexity index is 689. The predicted octanol–water partition coefficient (Wildman–Crippen LogP) is 4.09. The van der Waals surface area contributed by atoms with E-state index < -0.39 is 11.6 Å². The van der Waals surface area contributed by atoms with Crippen LogP contribution >= 0.6 is 11.6 Å². The smallest absolute Gasteiger partial charge is 0.222 e. The van der Waals surface area contributed by atoms with Gasteiger partial charge in [0.1, 0.15) is 24.0 Å². The molecule has 2 rings (SSSR count). The predicted molar refractivity (Wildman–Crippen MR) is 89.3 cm³/mol. The first kappa shape index (κ1) is 18.2. The average Bonchev–Trinajstić information content (AvgIpc) is 2.54. The second kappa shape index (κ2) is 8.64. The Morgan fingerprint density at radius 2 is 1.83 bits per heavy atom. The minimum atomic E-state index is -0.630. The van der Waals surface area contributed by atoms with Crippen molar-refractivity contribution >= 4 is 17.5 Å². The van der Waals surface area contributed by atoms with Crippen molar-refractivity contribution in [2.24, 2.45) is 0 Å². The number of benzene rings is 2. The van der Waals surface area contributed by atoms with E-state index in [1.54, 1.807) is 31.3 Å². The summed E-state index contributed by atoms with van der Waals surface area (Å²) in [7, 11) is 1.63. The van der Waals surface area contributed by atoms with E-state index in [9.17, 15) is 13.6 Å². The molecule has 3 nitrogen and oxygen atoms in total. The average molecular weight is 354 g/mol. The van der Waals surface area contributed by atoms with Crippen molar-refractivity contribution in [2.75, 3.05) is 20.2 Å². The Morgan fingerprint density at radius 3 is 2.50 bits per heavy atom. The minimum absolute atomic E-state index is 0.0246. The van der Waals surface area contributed by atoms with Crippen LogP contribution in [0.5, 0.6) is 5.75 Å². The van der Waals surface area contributed by atoms with Crippen molar-refractivity contribution < 1.29 is 18.3 Å². The third-order valence-corrected chi connectivity index (χ3v) is 3.80. The fourth-order valence-electron chi connectivity index (χ4n) is 2.18. The Kier molecular flexibility index (Phi) is 6.55. The molecule has 6 heteroatoms. The van der Waals surface area contributed by atoms with Crippen molar-refractivity contribution in [2.45, 2.75) is 12.8 Å². The van der Waals surface area contributed by atoms with E-state index in [0.29, 0.717) is 23.9 Å². The molecule has 0 aromatic heterocycles. The van der Waals surface area contributed by atoms with E-state index in [0.717, 1.165) is 0 Å². The molecule has 0 N–H and O–H groups in total. The summed E-state index contributed by atoms with van der Waals surface area (Å²) in [5.74, 6) is -0.839. The van der Waals surface area contributed by atoms with Gasteiger partial charge in [-0.05, 0) is 36.8 Å². The number of hydrogen-bond donors (Lipinski definition) is 0. The van der Waals surface area contributed by atoms with Gasteiger partial charge in [0.2, 0.25) is 5.91 Å². The van der Waals surface area contributed by atoms with Gasteiger partial charge in [-0.25, -0.2) is 8.78 Å². The summed E-state index contributed by atoms with van der Waals surface area (Å²) in [5.41, 5.74) is -0.0607. The number of hydrogen-bond acceptors (Lipinski definition) is 2. The SMILES string of the molecule is CN(CCOc1cccc(Cl)c1)C(=O)CCc1c(F)cccc1F. The van der Waals surface area contributed by atoms with Crippen LogP contribution in [0.3, 0.4) is 0 Å². The van der Waals surface area contributed by atoms with Crippen LogP contribution in [0.25, 0.3) is 0 Å². The zero-order chi connectivity index (χ0) is 17.5. The van der Waals surface area contributed by atoms with Gasteiger partial charge < -0.3 is 9.64 Å². The van der Waals surface area contributed by atoms with Gasteiger partial charge in [-0.2, -0.15) is 0 Å². The molecular weight excluding hydrogens is 336 g/mol. The van der Waals surface area contributed by atoms with Crippen molar-refractivity contribution in [1.82, 2.24) is 4.90 Å². The lowest BCUT2D eigenvalue weighted by atomic mass is 10.1. The maximum atomic E-state index is 13.5. The summed E-state index contributed by atoms with van der Waals surface area (Å²) >= 11 is 5.86. The zero-order valence-electron chi connectivity index (χ0n) is 13.3. The molecule has 0 aliphatic rings. The molecule has 0 aliphatic heterocycles. The summed E-state index contributed by atoms with van der Waals surface area (Å²) in [6.45, 7) is 0.668. The highest BCUT2D eigenvalue weighted by atomic mass is 35.5. The van der Waals surface area contributed by atoms with Crippen molar-refractivity contribution in [3.63, 3.8) is 0 Å². The molecule has 0 unspecified atom stereocenters. The Hall–Kier alpha value is -2.14. The maximum absolute atomic E-state index is 13.5. The van der Waals surface area contributed by atoms with Crippen LogP contribution in [0.15, 0.2) is 42.5 Å². The van der Waals surface area contributed by atoms with Crippen LogP contribution in [0.1, 0.15) is 12.0 Å². The third kappa shape index (κ3) is 5.20. The molecular formula is C18H18ClF2NO2. The van der Waals surface area contributed by atoms with Gasteiger partial charge in [0.25, 0.3) is 0 Å². The van der Waals surface area contributed by atoms with Gasteiger partial charge in [0.05, 0.1) is 6.54 Å². The molecule has 0 atom stereocenters. The molecule has 0 fully saturated rings. The molecule has 0 spiro atoms. The lowest BCUT2D eigenvalue weighted by molar-refractivity contribution is -0.130. The molecule has 128 valence electrons. The fraction of sp³-hybridized carbons (Fsp3) is 0.278. The number of amides is 1. The van der Waals surface area contributed by atoms with Gasteiger partial charge >= 0.3 is 0 Å². The molecule has 0 bridgehead atoms. The van der Waals surface area contributed by atoms with Gasteiger partial charge in [0, 0.05) is 24.1 Å². The standard InChI is InChI=1S/C18H18ClF2NO2/c1-22(10-11-24-14-5-2-4-13(19)12-14)18(23)9-8-15-16(20)6-3-7-17(15)21/h2-7,12H,8-11H2,1H3. The van der Waals surface area contributed by atoms with Crippen molar-refractivity contribution in [3.05, 3.63) is 64.7 Å². The Balaban J connectivity index is 1.78. The Labute approximate surface area is 144 Å². The first-order valence-electron chi connectivity index (χ1n) is 7.52. The monoisotopic (exact) mass is 353 g/mol. The molecule has 2 aromatic rings. The van der Waals surface area contributed by atoms with E-state index >= 15 is 0 Å². The Morgan fingerprint density at radius 1 is 1.17 bits per heavy atom. The summed E-state index contributed by atoms with van der Waals surface area (Å²) in [6, 6.07) is 10.6. The molecule has 0 heterocycles. The maximum Gasteiger partial charge on any atom is 0.222 e. The van der Waals surface area contributed by atoms with Gasteiger partial charge in [0.15, 0.2) is 0 Å². The highest BCUT2D eigenvalue weighted by Gasteiger charge is 2.13. The molecule has 0 radical (unpaired) electrons. The lowest BCUT2D eigenvalue weighted by Crippen LogP contribution is -2.31. The fourth-order valence-corrected chi connectivity index (χ4v) is 2.36. The van der Waals surface area contributed by atoms with Crippen LogP contribution in [0.4, 0.5) is 8.78 Å². The van der Waals surface area contributed by atoms with E-state index in [4.69, 9.17) is 16.3 Å². The number of halogens is 3. The summed E-state index contributed by atoms with van der Waals surface area (Å²) in [4.78, 5) is 13.5. The topological polar surface area (TPSA) is 29.5 Å². The minimum Gasteiger partial charge on any atom is -0.492 e. The number of ether oxygens (including phenoxy) is 1. The number of rotatable bonds is 7. The second-order valence-corrected chi connectivity index (χ2v) is 5.76. The van der Waals surface area contributed by atoms with Crippen LogP contribution in [-0.4, -0.2) is 31.0 Å². The molecule has 0 saturated carbocycles. The normalized spacial score (nSPS) is 10.5. The van der Waals surface area contributed by atoms with E-state index in [1.807, 2.05) is 0 Å². The second-order valence-electron chi connectivity index (χ2n) is 5.32. The summed E-state index contributed by atoms with van der Waals surface area (Å²) in [6.07, 6.45) is 0.0579. The number of likely N-dealkylation sites (N-methyl/N-ethyl adjacent to an activating group) is 1. The van der Waals surface area contributed by atoms with Crippen molar-refractivity contribution in [1.29, 1.82) is 0 Å². The summed E-state index contributed by atoms with van der Waals surface area (Å²) < 4.78 is 32.6. The van der Waals surface area contributed by atoms with Crippen molar-refractivity contribution in [3.8, 4) is 5.75 Å². The first-order valence-corrected chi connectivity index (χ1v) is 7.90. The van der Waals surface area contributed by atoms with Crippen LogP contribution in [-0.2, 0) is 11.2 Å². The largest absolute Gasteiger partial charge is 0.492 e. The van der Waals surface area contributed by atoms with E-state index in [2.05, 4.69) is 0 Å². The van der Waals surface area contributed by atoms with Crippen LogP contribution in [0, 0.1) is 11.6 Å². The number of carbonyl (C=O) groups is 1. The molecule has 2 aromatic carbocycles. The highest BCUT2D eigenvalue weighted by Crippen LogP contribution is 2.17. The van der Waals surface area contributed by atoms with Crippen LogP contribution < -0.4 is 4.74 Å². The first-order chi connectivity index (χ1) is 11.5. The van der Waals surface area contributed by atoms with E-state index in [1.165, 1.54) is 23.1 Å². The molecule has 0 aliphatic carbocycles. The van der Waals surface area contributed by atoms with Crippen LogP contribution in [0.2, 0.25) is 5.02 Å². The van der Waals surface area contributed by atoms with Gasteiger partial charge in [-0.1, -0.05) is 23.7 Å².